The van der Waals surface area contributed by atoms with Crippen molar-refractivity contribution in [2.75, 3.05) is 32.8 Å². The van der Waals surface area contributed by atoms with Crippen LogP contribution in [0.3, 0.4) is 0 Å². The summed E-state index contributed by atoms with van der Waals surface area (Å²) < 4.78 is 16.8. The van der Waals surface area contributed by atoms with Gasteiger partial charge in [-0.1, -0.05) is 0 Å². The first-order chi connectivity index (χ1) is 11.3. The van der Waals surface area contributed by atoms with Crippen LogP contribution in [0.25, 0.3) is 0 Å². The number of nitrogens with zero attached hydrogens (tertiary/aromatic N) is 2. The van der Waals surface area contributed by atoms with Crippen LogP contribution in [0.1, 0.15) is 17.3 Å². The average Bonchev–Trinajstić information content (AvgIpc) is 3.04. The second kappa shape index (κ2) is 5.62. The molecular formula is C17H19N3O3. The molecule has 1 N–H and O–H groups in total. The van der Waals surface area contributed by atoms with Crippen molar-refractivity contribution in [1.29, 1.82) is 0 Å². The van der Waals surface area contributed by atoms with Crippen molar-refractivity contribution in [3.05, 3.63) is 41.7 Å². The molecule has 2 aromatic rings. The number of nitrogens with one attached hydrogen (secondary N) is 1. The molecule has 0 aliphatic carbocycles. The summed E-state index contributed by atoms with van der Waals surface area (Å²) >= 11 is 0. The largest absolute Gasteiger partial charge is 0.492 e. The maximum Gasteiger partial charge on any atom is 0.231 e. The van der Waals surface area contributed by atoms with Gasteiger partial charge in [-0.3, -0.25) is 9.88 Å². The molecule has 0 amide bonds. The first kappa shape index (κ1) is 14.1. The zero-order valence-electron chi connectivity index (χ0n) is 13.2. The minimum absolute atomic E-state index is 0.00519. The van der Waals surface area contributed by atoms with E-state index in [1.807, 2.05) is 12.1 Å². The van der Waals surface area contributed by atoms with Crippen LogP contribution in [0, 0.1) is 0 Å². The van der Waals surface area contributed by atoms with E-state index in [-0.39, 0.29) is 13.0 Å². The van der Waals surface area contributed by atoms with Crippen LogP contribution >= 0.6 is 0 Å². The highest BCUT2D eigenvalue weighted by molar-refractivity contribution is 5.63. The number of methoxy groups -OCH3 is 1. The van der Waals surface area contributed by atoms with Crippen molar-refractivity contribution in [2.24, 2.45) is 0 Å². The van der Waals surface area contributed by atoms with E-state index in [1.54, 1.807) is 19.5 Å². The number of anilines is 1. The maximum atomic E-state index is 5.69. The van der Waals surface area contributed by atoms with Gasteiger partial charge < -0.3 is 19.5 Å². The lowest BCUT2D eigenvalue weighted by molar-refractivity contribution is 0.170. The Bertz CT molecular complexity index is 721. The summed E-state index contributed by atoms with van der Waals surface area (Å²) in [5, 5.41) is 3.56. The van der Waals surface area contributed by atoms with Crippen molar-refractivity contribution >= 4 is 5.69 Å². The van der Waals surface area contributed by atoms with Crippen molar-refractivity contribution in [3.8, 4) is 17.2 Å². The molecule has 2 aliphatic heterocycles. The molecule has 23 heavy (non-hydrogen) atoms. The molecule has 1 aromatic heterocycles. The van der Waals surface area contributed by atoms with Gasteiger partial charge in [-0.2, -0.15) is 0 Å². The standard InChI is InChI=1S/C17H19N3O3/c1-20-8-5-11-9-13-15(23-10-22-13)16(21-2)14(11)17(20)19-12-3-6-18-7-4-12/h3-4,6-7,9,17H,5,8,10H2,1-2H3,(H,18,19)/t17-/m0/s1. The topological polar surface area (TPSA) is 55.9 Å². The molecular weight excluding hydrogens is 294 g/mol. The fourth-order valence-electron chi connectivity index (χ4n) is 3.22. The number of likely N-dealkylation sites (N-methyl/N-ethyl adjacent to an activating group) is 1. The molecule has 0 saturated heterocycles. The predicted molar refractivity (Wildman–Crippen MR) is 86.1 cm³/mol. The highest BCUT2D eigenvalue weighted by Crippen LogP contribution is 2.49. The van der Waals surface area contributed by atoms with Crippen molar-refractivity contribution in [3.63, 3.8) is 0 Å². The van der Waals surface area contributed by atoms with E-state index in [2.05, 4.69) is 28.3 Å². The average molecular weight is 313 g/mol. The van der Waals surface area contributed by atoms with Gasteiger partial charge in [0, 0.05) is 30.2 Å². The van der Waals surface area contributed by atoms with Crippen LogP contribution < -0.4 is 19.5 Å². The molecule has 2 aliphatic rings. The van der Waals surface area contributed by atoms with Crippen molar-refractivity contribution in [1.82, 2.24) is 9.88 Å². The van der Waals surface area contributed by atoms with Crippen LogP contribution in [-0.4, -0.2) is 37.4 Å². The number of rotatable bonds is 3. The molecule has 0 radical (unpaired) electrons. The molecule has 0 fully saturated rings. The van der Waals surface area contributed by atoms with E-state index in [4.69, 9.17) is 14.2 Å². The van der Waals surface area contributed by atoms with Crippen molar-refractivity contribution in [2.45, 2.75) is 12.6 Å². The van der Waals surface area contributed by atoms with Gasteiger partial charge >= 0.3 is 0 Å². The smallest absolute Gasteiger partial charge is 0.231 e. The monoisotopic (exact) mass is 313 g/mol. The van der Waals surface area contributed by atoms with Crippen LogP contribution in [-0.2, 0) is 6.42 Å². The lowest BCUT2D eigenvalue weighted by Gasteiger charge is -2.36. The maximum absolute atomic E-state index is 5.69. The minimum atomic E-state index is 0.00519. The van der Waals surface area contributed by atoms with E-state index in [1.165, 1.54) is 5.56 Å². The van der Waals surface area contributed by atoms with E-state index < -0.39 is 0 Å². The summed E-state index contributed by atoms with van der Waals surface area (Å²) in [6.45, 7) is 1.20. The molecule has 0 unspecified atom stereocenters. The minimum Gasteiger partial charge on any atom is -0.492 e. The Morgan fingerprint density at radius 3 is 2.91 bits per heavy atom. The molecule has 3 heterocycles. The summed E-state index contributed by atoms with van der Waals surface area (Å²) in [6.07, 6.45) is 4.52. The predicted octanol–water partition coefficient (Wildman–Crippen LogP) is 2.42. The SMILES string of the molecule is COc1c2c(cc3c1[C@@H](Nc1ccncc1)N(C)CC3)OCO2. The summed E-state index contributed by atoms with van der Waals surface area (Å²) in [4.78, 5) is 6.34. The number of aromatic nitrogens is 1. The second-order valence-corrected chi connectivity index (χ2v) is 5.73. The number of benzene rings is 1. The van der Waals surface area contributed by atoms with E-state index in [0.717, 1.165) is 35.7 Å². The summed E-state index contributed by atoms with van der Waals surface area (Å²) in [7, 11) is 3.78. The molecule has 120 valence electrons. The lowest BCUT2D eigenvalue weighted by atomic mass is 9.95. The third-order valence-corrected chi connectivity index (χ3v) is 4.38. The van der Waals surface area contributed by atoms with Crippen LogP contribution in [0.2, 0.25) is 0 Å². The molecule has 0 saturated carbocycles. The summed E-state index contributed by atoms with van der Waals surface area (Å²) in [6, 6.07) is 6.00. The molecule has 6 nitrogen and oxygen atoms in total. The molecule has 0 bridgehead atoms. The van der Waals surface area contributed by atoms with Crippen LogP contribution in [0.4, 0.5) is 5.69 Å². The normalized spacial score (nSPS) is 19.3. The Hall–Kier alpha value is -2.47. The van der Waals surface area contributed by atoms with Crippen LogP contribution in [0.15, 0.2) is 30.6 Å². The third kappa shape index (κ3) is 2.35. The number of hydrogen-bond donors (Lipinski definition) is 1. The Labute approximate surface area is 135 Å². The van der Waals surface area contributed by atoms with Gasteiger partial charge in [0.25, 0.3) is 0 Å². The van der Waals surface area contributed by atoms with Gasteiger partial charge in [0.2, 0.25) is 12.5 Å². The van der Waals surface area contributed by atoms with Gasteiger partial charge in [0.15, 0.2) is 11.5 Å². The van der Waals surface area contributed by atoms with Gasteiger partial charge in [-0.15, -0.1) is 0 Å². The highest BCUT2D eigenvalue weighted by Gasteiger charge is 2.33. The van der Waals surface area contributed by atoms with Crippen LogP contribution in [0.5, 0.6) is 17.2 Å². The fraction of sp³-hybridized carbons (Fsp3) is 0.353. The Kier molecular flexibility index (Phi) is 3.46. The van der Waals surface area contributed by atoms with E-state index in [0.29, 0.717) is 5.75 Å². The second-order valence-electron chi connectivity index (χ2n) is 5.73. The van der Waals surface area contributed by atoms with E-state index >= 15 is 0 Å². The molecule has 1 atom stereocenters. The molecule has 0 spiro atoms. The quantitative estimate of drug-likeness (QED) is 0.939. The molecule has 4 rings (SSSR count). The van der Waals surface area contributed by atoms with Gasteiger partial charge in [0.1, 0.15) is 6.17 Å². The number of fused-ring (bicyclic) bond motifs is 2. The number of ether oxygens (including phenoxy) is 3. The van der Waals surface area contributed by atoms with Gasteiger partial charge in [-0.05, 0) is 37.2 Å². The number of pyridine rings is 1. The summed E-state index contributed by atoms with van der Waals surface area (Å²) in [5.41, 5.74) is 3.36. The fourth-order valence-corrected chi connectivity index (χ4v) is 3.22. The zero-order chi connectivity index (χ0) is 15.8. The summed E-state index contributed by atoms with van der Waals surface area (Å²) in [5.74, 6) is 2.23. The lowest BCUT2D eigenvalue weighted by Crippen LogP contribution is -2.37. The van der Waals surface area contributed by atoms with Crippen molar-refractivity contribution < 1.29 is 14.2 Å². The first-order valence-electron chi connectivity index (χ1n) is 7.64. The zero-order valence-corrected chi connectivity index (χ0v) is 13.2. The van der Waals surface area contributed by atoms with Gasteiger partial charge in [0.05, 0.1) is 7.11 Å². The first-order valence-corrected chi connectivity index (χ1v) is 7.64. The van der Waals surface area contributed by atoms with E-state index in [9.17, 15) is 0 Å². The van der Waals surface area contributed by atoms with Gasteiger partial charge in [-0.25, -0.2) is 0 Å². The Morgan fingerprint density at radius 2 is 2.13 bits per heavy atom. The number of hydrogen-bond acceptors (Lipinski definition) is 6. The third-order valence-electron chi connectivity index (χ3n) is 4.38. The Balaban J connectivity index is 1.80. The Morgan fingerprint density at radius 1 is 1.30 bits per heavy atom. The molecule has 1 aromatic carbocycles. The highest BCUT2D eigenvalue weighted by atomic mass is 16.7. The molecule has 6 heteroatoms.